The van der Waals surface area contributed by atoms with E-state index in [2.05, 4.69) is 28.2 Å². The first-order valence-corrected chi connectivity index (χ1v) is 12.7. The van der Waals surface area contributed by atoms with Gasteiger partial charge in [0.1, 0.15) is 12.0 Å². The second-order valence-corrected chi connectivity index (χ2v) is 10.5. The molecule has 0 aliphatic carbocycles. The van der Waals surface area contributed by atoms with Crippen LogP contribution < -0.4 is 5.32 Å². The number of anilines is 1. The van der Waals surface area contributed by atoms with E-state index in [-0.39, 0.29) is 29.0 Å². The Kier molecular flexibility index (Phi) is 7.70. The van der Waals surface area contributed by atoms with Crippen molar-refractivity contribution in [1.29, 1.82) is 0 Å². The molecule has 34 heavy (non-hydrogen) atoms. The number of aryl methyl sites for hydroxylation is 1. The smallest absolute Gasteiger partial charge is 0.312 e. The number of carbonyl (C=O) groups excluding carboxylic acids is 1. The van der Waals surface area contributed by atoms with E-state index in [0.717, 1.165) is 22.8 Å². The van der Waals surface area contributed by atoms with E-state index in [1.165, 1.54) is 18.4 Å². The van der Waals surface area contributed by atoms with Crippen molar-refractivity contribution < 1.29 is 13.9 Å². The van der Waals surface area contributed by atoms with Crippen molar-refractivity contribution in [3.8, 4) is 0 Å². The highest BCUT2D eigenvalue weighted by Crippen LogP contribution is 2.41. The molecule has 3 unspecified atom stereocenters. The van der Waals surface area contributed by atoms with E-state index in [0.29, 0.717) is 37.9 Å². The van der Waals surface area contributed by atoms with Gasteiger partial charge in [0.05, 0.1) is 17.5 Å². The number of thiazole rings is 1. The van der Waals surface area contributed by atoms with Gasteiger partial charge in [-0.2, -0.15) is 0 Å². The number of hydrogen-bond acceptors (Lipinski definition) is 7. The molecule has 9 heteroatoms. The fraction of sp³-hybridized carbons (Fsp3) is 0.480. The number of benzene rings is 1. The van der Waals surface area contributed by atoms with E-state index in [1.807, 2.05) is 24.4 Å². The van der Waals surface area contributed by atoms with E-state index in [4.69, 9.17) is 21.3 Å². The van der Waals surface area contributed by atoms with Gasteiger partial charge in [-0.05, 0) is 50.9 Å². The number of nitrogens with one attached hydrogen (secondary N) is 1. The largest absolute Gasteiger partial charge is 0.469 e. The molecule has 4 rings (SSSR count). The van der Waals surface area contributed by atoms with Gasteiger partial charge in [0.25, 0.3) is 0 Å². The molecular formula is C25H30ClFN4O2S. The lowest BCUT2D eigenvalue weighted by Gasteiger charge is -2.44. The number of allylic oxidation sites excluding steroid dienone is 1. The van der Waals surface area contributed by atoms with Gasteiger partial charge >= 0.3 is 5.97 Å². The number of carbonyl (C=O) groups is 1. The predicted octanol–water partition coefficient (Wildman–Crippen LogP) is 5.62. The Morgan fingerprint density at radius 1 is 1.44 bits per heavy atom. The summed E-state index contributed by atoms with van der Waals surface area (Å²) < 4.78 is 19.9. The summed E-state index contributed by atoms with van der Waals surface area (Å²) in [4.78, 5) is 24.4. The van der Waals surface area contributed by atoms with E-state index in [9.17, 15) is 9.18 Å². The zero-order valence-electron chi connectivity index (χ0n) is 19.7. The topological polar surface area (TPSA) is 66.8 Å². The van der Waals surface area contributed by atoms with Crippen molar-refractivity contribution in [3.05, 3.63) is 57.8 Å². The molecule has 1 N–H and O–H groups in total. The minimum atomic E-state index is -0.667. The van der Waals surface area contributed by atoms with Crippen molar-refractivity contribution >= 4 is 39.8 Å². The number of aliphatic imine (C=N–C) groups is 1. The maximum absolute atomic E-state index is 14.6. The number of halogens is 2. The third kappa shape index (κ3) is 5.50. The first-order chi connectivity index (χ1) is 16.3. The number of aromatic nitrogens is 1. The summed E-state index contributed by atoms with van der Waals surface area (Å²) in [6.07, 6.45) is 8.24. The monoisotopic (exact) mass is 504 g/mol. The summed E-state index contributed by atoms with van der Waals surface area (Å²) in [6, 6.07) is 3.54. The van der Waals surface area contributed by atoms with Crippen LogP contribution in [0.2, 0.25) is 5.02 Å². The van der Waals surface area contributed by atoms with Gasteiger partial charge in [0.15, 0.2) is 5.13 Å². The van der Waals surface area contributed by atoms with Crippen LogP contribution in [0.25, 0.3) is 0 Å². The zero-order chi connectivity index (χ0) is 24.3. The highest BCUT2D eigenvalue weighted by atomic mass is 35.5. The van der Waals surface area contributed by atoms with Crippen LogP contribution in [0.5, 0.6) is 0 Å². The highest BCUT2D eigenvalue weighted by molar-refractivity contribution is 7.13. The lowest BCUT2D eigenvalue weighted by Crippen LogP contribution is -2.50. The molecule has 1 aromatic heterocycles. The molecule has 3 heterocycles. The number of nitrogens with zero attached hydrogens (tertiary/aromatic N) is 3. The van der Waals surface area contributed by atoms with E-state index < -0.39 is 5.41 Å². The van der Waals surface area contributed by atoms with Crippen LogP contribution in [-0.4, -0.2) is 47.4 Å². The van der Waals surface area contributed by atoms with Crippen LogP contribution in [0.1, 0.15) is 43.7 Å². The normalized spacial score (nSPS) is 25.1. The number of piperidine rings is 1. The van der Waals surface area contributed by atoms with Crippen molar-refractivity contribution in [1.82, 2.24) is 9.88 Å². The lowest BCUT2D eigenvalue weighted by molar-refractivity contribution is -0.156. The first-order valence-electron chi connectivity index (χ1n) is 11.5. The first kappa shape index (κ1) is 24.8. The van der Waals surface area contributed by atoms with Crippen LogP contribution in [0, 0.1) is 18.2 Å². The molecular weight excluding hydrogens is 475 g/mol. The number of ether oxygens (including phenoxy) is 1. The molecule has 0 amide bonds. The molecule has 6 nitrogen and oxygen atoms in total. The second kappa shape index (κ2) is 10.5. The number of hydrogen-bond donors (Lipinski definition) is 1. The summed E-state index contributed by atoms with van der Waals surface area (Å²) in [7, 11) is 1.44. The number of esters is 1. The van der Waals surface area contributed by atoms with Crippen molar-refractivity contribution in [2.24, 2.45) is 10.4 Å². The third-order valence-electron chi connectivity index (χ3n) is 6.66. The van der Waals surface area contributed by atoms with Crippen LogP contribution >= 0.6 is 22.9 Å². The zero-order valence-corrected chi connectivity index (χ0v) is 21.3. The predicted molar refractivity (Wildman–Crippen MR) is 135 cm³/mol. The standard InChI is InChI=1S/C25H30ClFN4O2S/c1-16-11-18(22(27)20(26)12-16)15-31-9-7-25(13-17(31)2,23(32)33-3)14-19-5-4-6-21(29-19)30-24-28-8-10-34-24/h4-5,8,10-12,17,21H,6-7,9,13-15H2,1-3H3,(H,28,30). The molecule has 2 aliphatic heterocycles. The Morgan fingerprint density at radius 2 is 2.26 bits per heavy atom. The molecule has 0 saturated carbocycles. The molecule has 0 radical (unpaired) electrons. The van der Waals surface area contributed by atoms with Gasteiger partial charge in [-0.1, -0.05) is 23.7 Å². The molecule has 0 bridgehead atoms. The summed E-state index contributed by atoms with van der Waals surface area (Å²) >= 11 is 7.60. The van der Waals surface area contributed by atoms with Crippen LogP contribution in [0.4, 0.5) is 9.52 Å². The summed E-state index contributed by atoms with van der Waals surface area (Å²) in [5.74, 6) is -0.584. The molecule has 1 aromatic carbocycles. The highest BCUT2D eigenvalue weighted by Gasteiger charge is 2.46. The van der Waals surface area contributed by atoms with Gasteiger partial charge in [0, 0.05) is 48.3 Å². The summed E-state index contributed by atoms with van der Waals surface area (Å²) in [6.45, 7) is 5.09. The molecule has 2 aliphatic rings. The fourth-order valence-corrected chi connectivity index (χ4v) is 5.85. The van der Waals surface area contributed by atoms with Gasteiger partial charge in [-0.25, -0.2) is 9.37 Å². The Morgan fingerprint density at radius 3 is 2.97 bits per heavy atom. The third-order valence-corrected chi connectivity index (χ3v) is 7.64. The SMILES string of the molecule is COC(=O)C1(CC2=NC(Nc3nccs3)CC=C2)CCN(Cc2cc(C)cc(Cl)c2F)C(C)C1. The van der Waals surface area contributed by atoms with Crippen LogP contribution in [-0.2, 0) is 16.1 Å². The maximum Gasteiger partial charge on any atom is 0.312 e. The van der Waals surface area contributed by atoms with Crippen molar-refractivity contribution in [2.45, 2.75) is 58.3 Å². The quantitative estimate of drug-likeness (QED) is 0.496. The van der Waals surface area contributed by atoms with Gasteiger partial charge in [0.2, 0.25) is 0 Å². The number of likely N-dealkylation sites (tertiary alicyclic amines) is 1. The Labute approximate surface area is 208 Å². The average molecular weight is 505 g/mol. The molecule has 1 saturated heterocycles. The number of dihydropyridines is 1. The number of rotatable bonds is 7. The minimum absolute atomic E-state index is 0.0592. The Hall–Kier alpha value is -2.29. The van der Waals surface area contributed by atoms with Crippen LogP contribution in [0.3, 0.4) is 0 Å². The maximum atomic E-state index is 14.6. The fourth-order valence-electron chi connectivity index (χ4n) is 4.98. The molecule has 182 valence electrons. The van der Waals surface area contributed by atoms with E-state index >= 15 is 0 Å². The molecule has 2 aromatic rings. The molecule has 3 atom stereocenters. The molecule has 0 spiro atoms. The van der Waals surface area contributed by atoms with Crippen molar-refractivity contribution in [2.75, 3.05) is 19.0 Å². The number of methoxy groups -OCH3 is 1. The minimum Gasteiger partial charge on any atom is -0.469 e. The second-order valence-electron chi connectivity index (χ2n) is 9.20. The summed E-state index contributed by atoms with van der Waals surface area (Å²) in [5, 5.41) is 6.23. The van der Waals surface area contributed by atoms with E-state index in [1.54, 1.807) is 12.3 Å². The van der Waals surface area contributed by atoms with Gasteiger partial charge < -0.3 is 10.1 Å². The van der Waals surface area contributed by atoms with Gasteiger partial charge in [-0.15, -0.1) is 11.3 Å². The Bertz CT molecular complexity index is 1090. The lowest BCUT2D eigenvalue weighted by atomic mass is 9.71. The average Bonchev–Trinajstić information content (AvgIpc) is 3.31. The Balaban J connectivity index is 1.49. The molecule has 1 fully saturated rings. The van der Waals surface area contributed by atoms with Crippen molar-refractivity contribution in [3.63, 3.8) is 0 Å². The van der Waals surface area contributed by atoms with Gasteiger partial charge in [-0.3, -0.25) is 14.7 Å². The van der Waals surface area contributed by atoms with Crippen LogP contribution in [0.15, 0.2) is 40.9 Å². The summed E-state index contributed by atoms with van der Waals surface area (Å²) in [5.41, 5.74) is 1.72.